The number of aromatic nitrogens is 3. The normalized spacial score (nSPS) is 14.8. The van der Waals surface area contributed by atoms with Gasteiger partial charge in [0.15, 0.2) is 11.5 Å². The second kappa shape index (κ2) is 5.94. The molecule has 8 nitrogen and oxygen atoms in total. The standard InChI is InChI=1S/C18H14N6O2S2/c1-10-7-8-12-14(9-10)27-18(20-12)22-21-16-11(2)23-24-17(16)19-13-5-3-4-6-15(13)28(24,25)26/h3-9,19H,1-2H3. The van der Waals surface area contributed by atoms with E-state index in [0.717, 1.165) is 19.9 Å². The van der Waals surface area contributed by atoms with Crippen molar-refractivity contribution in [2.24, 2.45) is 10.2 Å². The molecule has 28 heavy (non-hydrogen) atoms. The van der Waals surface area contributed by atoms with Crippen molar-refractivity contribution in [3.05, 3.63) is 53.7 Å². The van der Waals surface area contributed by atoms with Crippen molar-refractivity contribution in [1.29, 1.82) is 0 Å². The molecule has 0 aliphatic carbocycles. The summed E-state index contributed by atoms with van der Waals surface area (Å²) in [5.74, 6) is 0.275. The van der Waals surface area contributed by atoms with E-state index >= 15 is 0 Å². The summed E-state index contributed by atoms with van der Waals surface area (Å²) in [7, 11) is -3.78. The van der Waals surface area contributed by atoms with Gasteiger partial charge in [0, 0.05) is 0 Å². The lowest BCUT2D eigenvalue weighted by Gasteiger charge is -2.19. The topological polar surface area (TPSA) is 102 Å². The van der Waals surface area contributed by atoms with Crippen LogP contribution in [0.4, 0.5) is 22.3 Å². The number of benzene rings is 2. The number of fused-ring (bicyclic) bond motifs is 3. The average Bonchev–Trinajstić information content (AvgIpc) is 3.20. The van der Waals surface area contributed by atoms with Gasteiger partial charge in [-0.15, -0.1) is 14.3 Å². The molecule has 5 rings (SSSR count). The highest BCUT2D eigenvalue weighted by atomic mass is 32.2. The maximum absolute atomic E-state index is 12.9. The van der Waals surface area contributed by atoms with Crippen LogP contribution < -0.4 is 5.32 Å². The summed E-state index contributed by atoms with van der Waals surface area (Å²) >= 11 is 1.43. The third-order valence-corrected chi connectivity index (χ3v) is 6.95. The monoisotopic (exact) mass is 410 g/mol. The van der Waals surface area contributed by atoms with E-state index in [0.29, 0.717) is 22.2 Å². The molecule has 2 aromatic heterocycles. The minimum atomic E-state index is -3.78. The molecule has 0 unspecified atom stereocenters. The summed E-state index contributed by atoms with van der Waals surface area (Å²) in [6, 6.07) is 12.7. The summed E-state index contributed by atoms with van der Waals surface area (Å²) in [4.78, 5) is 4.63. The minimum absolute atomic E-state index is 0.176. The smallest absolute Gasteiger partial charge is 0.287 e. The van der Waals surface area contributed by atoms with E-state index in [4.69, 9.17) is 0 Å². The number of thiazole rings is 1. The van der Waals surface area contributed by atoms with Crippen molar-refractivity contribution in [2.75, 3.05) is 5.32 Å². The number of rotatable bonds is 2. The summed E-state index contributed by atoms with van der Waals surface area (Å²) in [5, 5.41) is 16.3. The summed E-state index contributed by atoms with van der Waals surface area (Å²) in [6.07, 6.45) is 0. The van der Waals surface area contributed by atoms with Crippen LogP contribution in [0.25, 0.3) is 10.2 Å². The largest absolute Gasteiger partial charge is 0.336 e. The first-order valence-electron chi connectivity index (χ1n) is 8.44. The van der Waals surface area contributed by atoms with Crippen LogP contribution in [0.3, 0.4) is 0 Å². The highest BCUT2D eigenvalue weighted by molar-refractivity contribution is 7.90. The lowest BCUT2D eigenvalue weighted by molar-refractivity contribution is 0.579. The Morgan fingerprint density at radius 1 is 1.11 bits per heavy atom. The molecular weight excluding hydrogens is 396 g/mol. The van der Waals surface area contributed by atoms with Crippen LogP contribution in [-0.2, 0) is 10.0 Å². The van der Waals surface area contributed by atoms with Crippen molar-refractivity contribution in [1.82, 2.24) is 14.2 Å². The van der Waals surface area contributed by atoms with Crippen LogP contribution in [0.2, 0.25) is 0 Å². The SMILES string of the molecule is Cc1ccc2nc(N=Nc3c(C)nn4c3Nc3ccccc3S4(=O)=O)sc2c1. The van der Waals surface area contributed by atoms with Crippen LogP contribution in [-0.4, -0.2) is 22.6 Å². The first-order valence-corrected chi connectivity index (χ1v) is 10.7. The predicted molar refractivity (Wildman–Crippen MR) is 108 cm³/mol. The fraction of sp³-hybridized carbons (Fsp3) is 0.111. The van der Waals surface area contributed by atoms with Gasteiger partial charge in [-0.05, 0) is 43.7 Å². The molecular formula is C18H14N6O2S2. The van der Waals surface area contributed by atoms with Crippen molar-refractivity contribution in [2.45, 2.75) is 18.7 Å². The highest BCUT2D eigenvalue weighted by Crippen LogP contribution is 2.41. The van der Waals surface area contributed by atoms with Crippen molar-refractivity contribution in [3.63, 3.8) is 0 Å². The van der Waals surface area contributed by atoms with Crippen LogP contribution in [0.1, 0.15) is 11.3 Å². The molecule has 0 spiro atoms. The fourth-order valence-corrected chi connectivity index (χ4v) is 5.39. The van der Waals surface area contributed by atoms with Crippen LogP contribution in [0, 0.1) is 13.8 Å². The van der Waals surface area contributed by atoms with Crippen molar-refractivity contribution >= 4 is 53.9 Å². The molecule has 0 saturated heterocycles. The number of hydrogen-bond donors (Lipinski definition) is 1. The quantitative estimate of drug-likeness (QED) is 0.420. The lowest BCUT2D eigenvalue weighted by atomic mass is 10.2. The zero-order valence-electron chi connectivity index (χ0n) is 14.9. The molecule has 0 bridgehead atoms. The average molecular weight is 410 g/mol. The van der Waals surface area contributed by atoms with Gasteiger partial charge in [0.25, 0.3) is 10.0 Å². The maximum Gasteiger partial charge on any atom is 0.287 e. The molecule has 1 aliphatic heterocycles. The third kappa shape index (κ3) is 2.53. The van der Waals surface area contributed by atoms with E-state index in [-0.39, 0.29) is 10.7 Å². The number of nitrogens with zero attached hydrogens (tertiary/aromatic N) is 5. The second-order valence-electron chi connectivity index (χ2n) is 6.42. The Morgan fingerprint density at radius 2 is 1.93 bits per heavy atom. The van der Waals surface area contributed by atoms with E-state index in [1.807, 2.05) is 25.1 Å². The third-order valence-electron chi connectivity index (χ3n) is 4.41. The molecule has 140 valence electrons. The Balaban J connectivity index is 1.59. The van der Waals surface area contributed by atoms with Crippen LogP contribution in [0.5, 0.6) is 0 Å². The summed E-state index contributed by atoms with van der Waals surface area (Å²) in [5.41, 5.74) is 3.32. The van der Waals surface area contributed by atoms with Gasteiger partial charge >= 0.3 is 0 Å². The number of para-hydroxylation sites is 1. The van der Waals surface area contributed by atoms with Crippen LogP contribution >= 0.6 is 11.3 Å². The minimum Gasteiger partial charge on any atom is -0.336 e. The Hall–Kier alpha value is -3.11. The molecule has 10 heteroatoms. The molecule has 4 aromatic rings. The molecule has 0 amide bonds. The number of aryl methyl sites for hydroxylation is 2. The first-order chi connectivity index (χ1) is 13.4. The van der Waals surface area contributed by atoms with Gasteiger partial charge in [-0.2, -0.15) is 13.5 Å². The van der Waals surface area contributed by atoms with Gasteiger partial charge in [0.05, 0.1) is 21.6 Å². The molecule has 2 aromatic carbocycles. The van der Waals surface area contributed by atoms with Gasteiger partial charge in [-0.1, -0.05) is 29.5 Å². The first kappa shape index (κ1) is 17.0. The second-order valence-corrected chi connectivity index (χ2v) is 9.16. The Morgan fingerprint density at radius 3 is 2.79 bits per heavy atom. The van der Waals surface area contributed by atoms with Crippen molar-refractivity contribution in [3.8, 4) is 0 Å². The van der Waals surface area contributed by atoms with Gasteiger partial charge in [-0.25, -0.2) is 4.98 Å². The highest BCUT2D eigenvalue weighted by Gasteiger charge is 2.33. The molecule has 0 saturated carbocycles. The zero-order valence-corrected chi connectivity index (χ0v) is 16.5. The van der Waals surface area contributed by atoms with Gasteiger partial charge in [0.1, 0.15) is 4.90 Å². The number of azo groups is 1. The van der Waals surface area contributed by atoms with E-state index in [1.165, 1.54) is 11.3 Å². The lowest BCUT2D eigenvalue weighted by Crippen LogP contribution is -2.22. The Bertz CT molecular complexity index is 1380. The zero-order chi connectivity index (χ0) is 19.5. The molecule has 1 N–H and O–H groups in total. The number of hydrogen-bond acceptors (Lipinski definition) is 8. The Kier molecular flexibility index (Phi) is 3.61. The molecule has 0 atom stereocenters. The maximum atomic E-state index is 12.9. The number of anilines is 2. The van der Waals surface area contributed by atoms with E-state index in [2.05, 4.69) is 25.6 Å². The fourth-order valence-electron chi connectivity index (χ4n) is 3.07. The van der Waals surface area contributed by atoms with E-state index < -0.39 is 10.0 Å². The van der Waals surface area contributed by atoms with E-state index in [1.54, 1.807) is 31.2 Å². The van der Waals surface area contributed by atoms with E-state index in [9.17, 15) is 8.42 Å². The summed E-state index contributed by atoms with van der Waals surface area (Å²) < 4.78 is 27.7. The predicted octanol–water partition coefficient (Wildman–Crippen LogP) is 4.82. The Labute approximate surface area is 164 Å². The molecule has 0 radical (unpaired) electrons. The van der Waals surface area contributed by atoms with Crippen LogP contribution in [0.15, 0.2) is 57.6 Å². The molecule has 3 heterocycles. The van der Waals surface area contributed by atoms with Gasteiger partial charge < -0.3 is 5.32 Å². The number of nitrogens with one attached hydrogen (secondary N) is 1. The van der Waals surface area contributed by atoms with Gasteiger partial charge in [0.2, 0.25) is 5.13 Å². The van der Waals surface area contributed by atoms with Crippen molar-refractivity contribution < 1.29 is 8.42 Å². The summed E-state index contributed by atoms with van der Waals surface area (Å²) in [6.45, 7) is 3.72. The molecule has 1 aliphatic rings. The molecule has 0 fully saturated rings. The van der Waals surface area contributed by atoms with Gasteiger partial charge in [-0.3, -0.25) is 0 Å².